The quantitative estimate of drug-likeness (QED) is 0.268. The van der Waals surface area contributed by atoms with E-state index in [1.165, 1.54) is 0 Å². The largest absolute Gasteiger partial charge is 0.494 e. The minimum atomic E-state index is 0.169. The zero-order valence-corrected chi connectivity index (χ0v) is 17.4. The zero-order chi connectivity index (χ0) is 20.8. The summed E-state index contributed by atoms with van der Waals surface area (Å²) in [7, 11) is 0. The fourth-order valence-electron chi connectivity index (χ4n) is 3.04. The molecule has 0 fully saturated rings. The summed E-state index contributed by atoms with van der Waals surface area (Å²) < 4.78 is 5.65. The fraction of sp³-hybridized carbons (Fsp3) is 0.167. The molecule has 0 spiro atoms. The molecule has 0 saturated heterocycles. The van der Waals surface area contributed by atoms with Gasteiger partial charge in [-0.05, 0) is 35.2 Å². The van der Waals surface area contributed by atoms with Gasteiger partial charge in [-0.3, -0.25) is 5.26 Å². The molecule has 0 saturated carbocycles. The van der Waals surface area contributed by atoms with Crippen LogP contribution in [0.15, 0.2) is 72.8 Å². The lowest BCUT2D eigenvalue weighted by Gasteiger charge is -2.06. The Morgan fingerprint density at radius 2 is 1.23 bits per heavy atom. The Kier molecular flexibility index (Phi) is 6.49. The van der Waals surface area contributed by atoms with E-state index in [9.17, 15) is 0 Å². The Balaban J connectivity index is 1.48. The van der Waals surface area contributed by atoms with Crippen LogP contribution in [0.4, 0.5) is 0 Å². The van der Waals surface area contributed by atoms with Gasteiger partial charge >= 0.3 is 0 Å². The van der Waals surface area contributed by atoms with Crippen LogP contribution in [0, 0.1) is 0 Å². The maximum absolute atomic E-state index is 8.55. The molecular formula is C24H22N2O3S. The number of benzene rings is 3. The van der Waals surface area contributed by atoms with Crippen molar-refractivity contribution < 1.29 is 14.9 Å². The molecule has 6 heteroatoms. The number of ether oxygens (including phenoxy) is 1. The molecule has 30 heavy (non-hydrogen) atoms. The smallest absolute Gasteiger partial charge is 0.148 e. The summed E-state index contributed by atoms with van der Waals surface area (Å²) in [5.74, 6) is 0.899. The maximum atomic E-state index is 8.55. The first-order valence-electron chi connectivity index (χ1n) is 9.79. The lowest BCUT2D eigenvalue weighted by molar-refractivity contribution is -0.253. The molecule has 5 nitrogen and oxygen atoms in total. The molecule has 0 unspecified atom stereocenters. The number of nitrogens with zero attached hydrogens (tertiary/aromatic N) is 2. The number of hydrogen-bond acceptors (Lipinski definition) is 6. The average Bonchev–Trinajstić information content (AvgIpc) is 3.29. The fourth-order valence-corrected chi connectivity index (χ4v) is 3.90. The summed E-state index contributed by atoms with van der Waals surface area (Å²) in [6.45, 7) is 3.00. The molecule has 0 aliphatic heterocycles. The molecule has 152 valence electrons. The van der Waals surface area contributed by atoms with Crippen LogP contribution >= 0.6 is 11.3 Å². The summed E-state index contributed by atoms with van der Waals surface area (Å²) in [5.41, 5.74) is 5.21. The van der Waals surface area contributed by atoms with Crippen molar-refractivity contribution in [3.63, 3.8) is 0 Å². The van der Waals surface area contributed by atoms with E-state index in [0.717, 1.165) is 56.6 Å². The molecule has 3 aromatic carbocycles. The van der Waals surface area contributed by atoms with Crippen LogP contribution in [0.5, 0.6) is 5.75 Å². The molecular weight excluding hydrogens is 396 g/mol. The third-order valence-corrected chi connectivity index (χ3v) is 5.67. The highest BCUT2D eigenvalue weighted by atomic mass is 32.1. The summed E-state index contributed by atoms with van der Waals surface area (Å²) in [6, 6.07) is 24.2. The lowest BCUT2D eigenvalue weighted by atomic mass is 10.0. The van der Waals surface area contributed by atoms with Crippen molar-refractivity contribution in [1.29, 1.82) is 0 Å². The summed E-state index contributed by atoms with van der Waals surface area (Å²) in [5, 5.41) is 19.0. The van der Waals surface area contributed by atoms with Crippen molar-refractivity contribution in [3.8, 4) is 38.0 Å². The molecule has 0 amide bonds. The molecule has 1 heterocycles. The van der Waals surface area contributed by atoms with Crippen LogP contribution in [-0.2, 0) is 11.5 Å². The van der Waals surface area contributed by atoms with E-state index in [4.69, 9.17) is 9.99 Å². The van der Waals surface area contributed by atoms with Gasteiger partial charge in [0.15, 0.2) is 0 Å². The highest BCUT2D eigenvalue weighted by Gasteiger charge is 2.09. The molecule has 1 aromatic heterocycles. The van der Waals surface area contributed by atoms with Crippen LogP contribution in [0.3, 0.4) is 0 Å². The predicted molar refractivity (Wildman–Crippen MR) is 119 cm³/mol. The third kappa shape index (κ3) is 4.74. The Labute approximate surface area is 179 Å². The Morgan fingerprint density at radius 1 is 0.733 bits per heavy atom. The number of hydrogen-bond donors (Lipinski definition) is 1. The number of rotatable bonds is 8. The Bertz CT molecular complexity index is 1070. The van der Waals surface area contributed by atoms with Gasteiger partial charge < -0.3 is 4.74 Å². The van der Waals surface area contributed by atoms with Gasteiger partial charge in [-0.2, -0.15) is 0 Å². The van der Waals surface area contributed by atoms with Gasteiger partial charge in [0.2, 0.25) is 0 Å². The molecule has 1 N–H and O–H groups in total. The topological polar surface area (TPSA) is 64.5 Å². The van der Waals surface area contributed by atoms with Crippen LogP contribution < -0.4 is 4.74 Å². The van der Waals surface area contributed by atoms with Gasteiger partial charge in [0, 0.05) is 11.1 Å². The third-order valence-electron chi connectivity index (χ3n) is 4.65. The van der Waals surface area contributed by atoms with Crippen molar-refractivity contribution >= 4 is 11.3 Å². The summed E-state index contributed by atoms with van der Waals surface area (Å²) in [6.07, 6.45) is 1.00. The summed E-state index contributed by atoms with van der Waals surface area (Å²) in [4.78, 5) is 4.17. The van der Waals surface area contributed by atoms with Crippen molar-refractivity contribution in [2.75, 3.05) is 6.61 Å². The van der Waals surface area contributed by atoms with Crippen molar-refractivity contribution in [2.24, 2.45) is 0 Å². The molecule has 0 radical (unpaired) electrons. The van der Waals surface area contributed by atoms with E-state index in [2.05, 4.69) is 58.4 Å². The lowest BCUT2D eigenvalue weighted by Crippen LogP contribution is -1.94. The molecule has 0 aliphatic rings. The first-order valence-corrected chi connectivity index (χ1v) is 10.6. The highest BCUT2D eigenvalue weighted by molar-refractivity contribution is 7.17. The second-order valence-corrected chi connectivity index (χ2v) is 7.81. The van der Waals surface area contributed by atoms with E-state index in [-0.39, 0.29) is 6.61 Å². The average molecular weight is 419 g/mol. The maximum Gasteiger partial charge on any atom is 0.148 e. The first-order chi connectivity index (χ1) is 14.8. The van der Waals surface area contributed by atoms with Crippen molar-refractivity contribution in [1.82, 2.24) is 10.2 Å². The van der Waals surface area contributed by atoms with Crippen molar-refractivity contribution in [2.45, 2.75) is 20.0 Å². The second-order valence-electron chi connectivity index (χ2n) is 6.83. The molecule has 0 atom stereocenters. The normalized spacial score (nSPS) is 10.9. The Hall–Kier alpha value is -3.06. The molecule has 4 aromatic rings. The van der Waals surface area contributed by atoms with E-state index in [1.54, 1.807) is 11.3 Å². The molecule has 0 bridgehead atoms. The molecule has 4 rings (SSSR count). The van der Waals surface area contributed by atoms with Gasteiger partial charge in [0.1, 0.15) is 22.4 Å². The van der Waals surface area contributed by atoms with Crippen molar-refractivity contribution in [3.05, 3.63) is 78.4 Å². The zero-order valence-electron chi connectivity index (χ0n) is 16.6. The van der Waals surface area contributed by atoms with Crippen LogP contribution in [0.2, 0.25) is 0 Å². The minimum absolute atomic E-state index is 0.169. The predicted octanol–water partition coefficient (Wildman–Crippen LogP) is 6.32. The second kappa shape index (κ2) is 9.63. The number of aromatic nitrogens is 2. The van der Waals surface area contributed by atoms with E-state index < -0.39 is 0 Å². The van der Waals surface area contributed by atoms with Gasteiger partial charge in [-0.25, -0.2) is 4.89 Å². The van der Waals surface area contributed by atoms with E-state index >= 15 is 0 Å². The Morgan fingerprint density at radius 3 is 1.77 bits per heavy atom. The standard InChI is InChI=1S/C24H22N2O3S/c1-2-15-28-22-13-11-19(12-14-22)18-7-9-21(10-8-18)24-26-25-23(30-24)20-5-3-17(4-6-20)16-29-27/h3-14,27H,2,15-16H2,1H3. The van der Waals surface area contributed by atoms with Gasteiger partial charge in [0.25, 0.3) is 0 Å². The van der Waals surface area contributed by atoms with E-state index in [1.807, 2.05) is 36.4 Å². The molecule has 0 aliphatic carbocycles. The monoisotopic (exact) mass is 418 g/mol. The van der Waals surface area contributed by atoms with Gasteiger partial charge in [-0.1, -0.05) is 78.9 Å². The summed E-state index contributed by atoms with van der Waals surface area (Å²) >= 11 is 1.55. The van der Waals surface area contributed by atoms with E-state index in [0.29, 0.717) is 0 Å². The van der Waals surface area contributed by atoms with Gasteiger partial charge in [0.05, 0.1) is 6.61 Å². The van der Waals surface area contributed by atoms with Crippen LogP contribution in [-0.4, -0.2) is 22.1 Å². The minimum Gasteiger partial charge on any atom is -0.494 e. The van der Waals surface area contributed by atoms with Crippen LogP contribution in [0.1, 0.15) is 18.9 Å². The van der Waals surface area contributed by atoms with Crippen LogP contribution in [0.25, 0.3) is 32.3 Å². The highest BCUT2D eigenvalue weighted by Crippen LogP contribution is 2.31. The van der Waals surface area contributed by atoms with Gasteiger partial charge in [-0.15, -0.1) is 10.2 Å². The first kappa shape index (κ1) is 20.2. The SMILES string of the molecule is CCCOc1ccc(-c2ccc(-c3nnc(-c4ccc(COO)cc4)s3)cc2)cc1.